The minimum absolute atomic E-state index is 0.0122. The molecule has 2 aromatic heterocycles. The highest BCUT2D eigenvalue weighted by Gasteiger charge is 2.30. The molecule has 2 fully saturated rings. The number of carbonyl (C=O) groups is 2. The van der Waals surface area contributed by atoms with E-state index in [1.807, 2.05) is 11.0 Å². The van der Waals surface area contributed by atoms with Crippen molar-refractivity contribution in [2.75, 3.05) is 18.4 Å². The van der Waals surface area contributed by atoms with Crippen LogP contribution < -0.4 is 5.32 Å². The monoisotopic (exact) mass is 454 g/mol. The zero-order valence-electron chi connectivity index (χ0n) is 18.9. The number of fused-ring (bicyclic) bond motifs is 1. The lowest BCUT2D eigenvalue weighted by molar-refractivity contribution is -0.130. The van der Waals surface area contributed by atoms with E-state index in [1.165, 1.54) is 6.07 Å². The van der Waals surface area contributed by atoms with Crippen LogP contribution in [0.15, 0.2) is 12.1 Å². The van der Waals surface area contributed by atoms with E-state index in [9.17, 15) is 9.59 Å². The summed E-state index contributed by atoms with van der Waals surface area (Å²) in [7, 11) is 0. The third-order valence-electron chi connectivity index (χ3n) is 6.60. The average molecular weight is 455 g/mol. The molecule has 1 saturated heterocycles. The molecule has 0 spiro atoms. The Labute approximate surface area is 193 Å². The zero-order chi connectivity index (χ0) is 23.2. The SMILES string of the molecule is N#CCC(=O)N1CCCCCC(c2c(F)ccc3nc(NC(=O)C4CC4)nn23)CCCCC1. The van der Waals surface area contributed by atoms with Gasteiger partial charge in [-0.1, -0.05) is 25.7 Å². The van der Waals surface area contributed by atoms with E-state index < -0.39 is 0 Å². The summed E-state index contributed by atoms with van der Waals surface area (Å²) in [5, 5.41) is 16.0. The van der Waals surface area contributed by atoms with E-state index in [0.29, 0.717) is 24.4 Å². The summed E-state index contributed by atoms with van der Waals surface area (Å²) < 4.78 is 16.6. The van der Waals surface area contributed by atoms with Crippen LogP contribution >= 0.6 is 0 Å². The van der Waals surface area contributed by atoms with Crippen molar-refractivity contribution in [2.24, 2.45) is 5.92 Å². The fourth-order valence-electron chi connectivity index (χ4n) is 4.62. The molecule has 1 aliphatic heterocycles. The van der Waals surface area contributed by atoms with E-state index in [4.69, 9.17) is 5.26 Å². The molecule has 3 heterocycles. The zero-order valence-corrected chi connectivity index (χ0v) is 18.9. The second-order valence-electron chi connectivity index (χ2n) is 9.15. The number of nitrogens with one attached hydrogen (secondary N) is 1. The van der Waals surface area contributed by atoms with Crippen molar-refractivity contribution in [1.29, 1.82) is 5.26 Å². The normalized spacial score (nSPS) is 18.8. The van der Waals surface area contributed by atoms with Gasteiger partial charge in [0.05, 0.1) is 11.8 Å². The van der Waals surface area contributed by atoms with Crippen LogP contribution in [0.5, 0.6) is 0 Å². The first kappa shape index (κ1) is 23.1. The van der Waals surface area contributed by atoms with Crippen molar-refractivity contribution >= 4 is 23.4 Å². The lowest BCUT2D eigenvalue weighted by Crippen LogP contribution is -2.32. The predicted octanol–water partition coefficient (Wildman–Crippen LogP) is 4.18. The third-order valence-corrected chi connectivity index (χ3v) is 6.60. The van der Waals surface area contributed by atoms with Crippen molar-refractivity contribution in [3.05, 3.63) is 23.6 Å². The second kappa shape index (κ2) is 10.7. The number of pyridine rings is 1. The van der Waals surface area contributed by atoms with Gasteiger partial charge in [-0.05, 0) is 50.7 Å². The summed E-state index contributed by atoms with van der Waals surface area (Å²) in [6.45, 7) is 1.34. The molecular weight excluding hydrogens is 423 g/mol. The highest BCUT2D eigenvalue weighted by atomic mass is 19.1. The molecule has 0 bridgehead atoms. The molecule has 176 valence electrons. The molecule has 0 unspecified atom stereocenters. The molecule has 0 atom stereocenters. The number of anilines is 1. The maximum Gasteiger partial charge on any atom is 0.249 e. The minimum Gasteiger partial charge on any atom is -0.342 e. The van der Waals surface area contributed by atoms with Gasteiger partial charge in [-0.25, -0.2) is 8.91 Å². The molecule has 2 amide bonds. The van der Waals surface area contributed by atoms with Crippen molar-refractivity contribution in [2.45, 2.75) is 76.5 Å². The van der Waals surface area contributed by atoms with E-state index in [1.54, 1.807) is 10.6 Å². The van der Waals surface area contributed by atoms with Gasteiger partial charge in [-0.3, -0.25) is 14.9 Å². The Bertz CT molecular complexity index is 1030. The van der Waals surface area contributed by atoms with E-state index >= 15 is 4.39 Å². The van der Waals surface area contributed by atoms with E-state index in [2.05, 4.69) is 15.4 Å². The van der Waals surface area contributed by atoms with Crippen molar-refractivity contribution in [3.63, 3.8) is 0 Å². The van der Waals surface area contributed by atoms with Crippen LogP contribution in [-0.2, 0) is 9.59 Å². The van der Waals surface area contributed by atoms with Gasteiger partial charge in [0, 0.05) is 24.9 Å². The number of rotatable bonds is 4. The molecule has 8 nitrogen and oxygen atoms in total. The van der Waals surface area contributed by atoms with Crippen molar-refractivity contribution in [3.8, 4) is 6.07 Å². The summed E-state index contributed by atoms with van der Waals surface area (Å²) in [4.78, 5) is 30.5. The van der Waals surface area contributed by atoms with Gasteiger partial charge in [0.15, 0.2) is 5.65 Å². The van der Waals surface area contributed by atoms with Gasteiger partial charge < -0.3 is 4.90 Å². The van der Waals surface area contributed by atoms with Crippen molar-refractivity contribution in [1.82, 2.24) is 19.5 Å². The van der Waals surface area contributed by atoms with Gasteiger partial charge in [0.1, 0.15) is 12.2 Å². The van der Waals surface area contributed by atoms with Crippen LogP contribution in [0.25, 0.3) is 5.65 Å². The minimum atomic E-state index is -0.294. The molecule has 0 aromatic carbocycles. The first-order chi connectivity index (χ1) is 16.1. The Morgan fingerprint density at radius 1 is 1.06 bits per heavy atom. The Morgan fingerprint density at radius 3 is 2.39 bits per heavy atom. The Hall–Kier alpha value is -3.02. The molecule has 33 heavy (non-hydrogen) atoms. The summed E-state index contributed by atoms with van der Waals surface area (Å²) in [5.74, 6) is -0.159. The third kappa shape index (κ3) is 5.86. The number of halogens is 1. The Kier molecular flexibility index (Phi) is 7.53. The molecule has 2 aliphatic rings. The smallest absolute Gasteiger partial charge is 0.249 e. The van der Waals surface area contributed by atoms with Crippen LogP contribution in [0.2, 0.25) is 0 Å². The molecule has 2 aromatic rings. The lowest BCUT2D eigenvalue weighted by Gasteiger charge is -2.24. The highest BCUT2D eigenvalue weighted by molar-refractivity contribution is 5.92. The maximum atomic E-state index is 15.0. The largest absolute Gasteiger partial charge is 0.342 e. The molecule has 4 rings (SSSR count). The quantitative estimate of drug-likeness (QED) is 0.747. The number of carbonyl (C=O) groups excluding carboxylic acids is 2. The number of amides is 2. The highest BCUT2D eigenvalue weighted by Crippen LogP contribution is 2.32. The van der Waals surface area contributed by atoms with Crippen molar-refractivity contribution < 1.29 is 14.0 Å². The van der Waals surface area contributed by atoms with Crippen LogP contribution in [0, 0.1) is 23.1 Å². The van der Waals surface area contributed by atoms with Gasteiger partial charge in [0.2, 0.25) is 17.8 Å². The fraction of sp³-hybridized carbons (Fsp3) is 0.625. The van der Waals surface area contributed by atoms with Gasteiger partial charge in [0.25, 0.3) is 0 Å². The number of aromatic nitrogens is 3. The maximum absolute atomic E-state index is 15.0. The number of nitrogens with zero attached hydrogens (tertiary/aromatic N) is 5. The van der Waals surface area contributed by atoms with E-state index in [-0.39, 0.29) is 41.8 Å². The summed E-state index contributed by atoms with van der Waals surface area (Å²) >= 11 is 0. The Balaban J connectivity index is 1.47. The van der Waals surface area contributed by atoms with Gasteiger partial charge in [-0.2, -0.15) is 10.2 Å². The average Bonchev–Trinajstić information content (AvgIpc) is 3.56. The molecular formula is C24H31FN6O2. The number of hydrogen-bond acceptors (Lipinski definition) is 5. The van der Waals surface area contributed by atoms with Crippen LogP contribution in [0.3, 0.4) is 0 Å². The number of hydrogen-bond donors (Lipinski definition) is 1. The summed E-state index contributed by atoms with van der Waals surface area (Å²) in [5.41, 5.74) is 1.07. The lowest BCUT2D eigenvalue weighted by atomic mass is 9.90. The topological polar surface area (TPSA) is 103 Å². The number of nitriles is 1. The fourth-order valence-corrected chi connectivity index (χ4v) is 4.62. The molecule has 9 heteroatoms. The van der Waals surface area contributed by atoms with Crippen LogP contribution in [0.4, 0.5) is 10.3 Å². The summed E-state index contributed by atoms with van der Waals surface area (Å²) in [6.07, 6.45) is 8.83. The second-order valence-corrected chi connectivity index (χ2v) is 9.15. The molecule has 1 saturated carbocycles. The van der Waals surface area contributed by atoms with E-state index in [0.717, 1.165) is 64.2 Å². The van der Waals surface area contributed by atoms with Crippen LogP contribution in [0.1, 0.15) is 82.2 Å². The van der Waals surface area contributed by atoms with Gasteiger partial charge >= 0.3 is 0 Å². The molecule has 1 N–H and O–H groups in total. The van der Waals surface area contributed by atoms with Gasteiger partial charge in [-0.15, -0.1) is 5.10 Å². The molecule has 0 radical (unpaired) electrons. The standard InChI is InChI=1S/C24H31FN6O2/c25-19-11-12-20-27-24(28-23(33)18-9-10-18)29-31(20)22(19)17-7-3-1-5-15-30(21(32)13-14-26)16-6-2-4-8-17/h11-12,17-18H,1-10,13,15-16H2,(H,28,29,33). The molecule has 1 aliphatic carbocycles. The first-order valence-corrected chi connectivity index (χ1v) is 12.1. The van der Waals surface area contributed by atoms with Crippen LogP contribution in [-0.4, -0.2) is 44.4 Å². The summed E-state index contributed by atoms with van der Waals surface area (Å²) in [6, 6.07) is 5.00. The first-order valence-electron chi connectivity index (χ1n) is 12.1. The predicted molar refractivity (Wildman–Crippen MR) is 121 cm³/mol. The Morgan fingerprint density at radius 2 is 1.76 bits per heavy atom.